The van der Waals surface area contributed by atoms with Gasteiger partial charge in [-0.05, 0) is 54.5 Å². The fourth-order valence-electron chi connectivity index (χ4n) is 2.89. The SMILES string of the molecule is C=CCN1C(=O)/C(=C/c2ccc(OCC(=O)Nc3ccc(Br)c(C)c3)c(OC)c2)SC1=S. The molecule has 2 aromatic rings. The largest absolute Gasteiger partial charge is 0.493 e. The molecule has 2 amide bonds. The Labute approximate surface area is 204 Å². The van der Waals surface area contributed by atoms with Gasteiger partial charge in [0.15, 0.2) is 18.1 Å². The Morgan fingerprint density at radius 1 is 1.28 bits per heavy atom. The van der Waals surface area contributed by atoms with E-state index in [2.05, 4.69) is 27.8 Å². The number of nitrogens with zero attached hydrogens (tertiary/aromatic N) is 1. The molecule has 0 atom stereocenters. The minimum absolute atomic E-state index is 0.154. The van der Waals surface area contributed by atoms with E-state index in [-0.39, 0.29) is 18.4 Å². The van der Waals surface area contributed by atoms with Gasteiger partial charge in [0.2, 0.25) is 0 Å². The molecule has 1 fully saturated rings. The van der Waals surface area contributed by atoms with Crippen molar-refractivity contribution in [3.05, 3.63) is 69.6 Å². The third kappa shape index (κ3) is 5.79. The molecule has 6 nitrogen and oxygen atoms in total. The molecule has 0 spiro atoms. The van der Waals surface area contributed by atoms with Gasteiger partial charge >= 0.3 is 0 Å². The van der Waals surface area contributed by atoms with Gasteiger partial charge in [0, 0.05) is 16.7 Å². The molecule has 32 heavy (non-hydrogen) atoms. The maximum atomic E-state index is 12.5. The van der Waals surface area contributed by atoms with Crippen LogP contribution in [0.3, 0.4) is 0 Å². The first-order valence-corrected chi connectivity index (χ1v) is 11.6. The fourth-order valence-corrected chi connectivity index (χ4v) is 4.42. The Bertz CT molecular complexity index is 1120. The number of carbonyl (C=O) groups excluding carboxylic acids is 2. The zero-order chi connectivity index (χ0) is 23.3. The summed E-state index contributed by atoms with van der Waals surface area (Å²) >= 11 is 9.94. The van der Waals surface area contributed by atoms with Gasteiger partial charge in [0.25, 0.3) is 11.8 Å². The van der Waals surface area contributed by atoms with Gasteiger partial charge < -0.3 is 14.8 Å². The second kappa shape index (κ2) is 10.8. The van der Waals surface area contributed by atoms with Gasteiger partial charge in [0.1, 0.15) is 4.32 Å². The van der Waals surface area contributed by atoms with Crippen LogP contribution in [0.15, 0.2) is 58.4 Å². The summed E-state index contributed by atoms with van der Waals surface area (Å²) < 4.78 is 12.5. The molecule has 2 aromatic carbocycles. The topological polar surface area (TPSA) is 67.9 Å². The monoisotopic (exact) mass is 532 g/mol. The Morgan fingerprint density at radius 2 is 2.06 bits per heavy atom. The summed E-state index contributed by atoms with van der Waals surface area (Å²) in [6.45, 7) is 5.80. The number of benzene rings is 2. The maximum absolute atomic E-state index is 12.5. The molecule has 166 valence electrons. The summed E-state index contributed by atoms with van der Waals surface area (Å²) in [5.41, 5.74) is 2.46. The first kappa shape index (κ1) is 24.0. The quantitative estimate of drug-likeness (QED) is 0.287. The first-order chi connectivity index (χ1) is 15.3. The van der Waals surface area contributed by atoms with Crippen molar-refractivity contribution in [3.63, 3.8) is 0 Å². The van der Waals surface area contributed by atoms with Crippen molar-refractivity contribution < 1.29 is 19.1 Å². The van der Waals surface area contributed by atoms with Crippen LogP contribution in [-0.4, -0.2) is 41.3 Å². The van der Waals surface area contributed by atoms with Crippen molar-refractivity contribution in [2.24, 2.45) is 0 Å². The lowest BCUT2D eigenvalue weighted by atomic mass is 10.2. The minimum atomic E-state index is -0.288. The average molecular weight is 533 g/mol. The molecular weight excluding hydrogens is 512 g/mol. The van der Waals surface area contributed by atoms with E-state index in [4.69, 9.17) is 21.7 Å². The summed E-state index contributed by atoms with van der Waals surface area (Å²) in [7, 11) is 1.51. The van der Waals surface area contributed by atoms with Crippen LogP contribution in [0.5, 0.6) is 11.5 Å². The second-order valence-electron chi connectivity index (χ2n) is 6.79. The molecule has 1 aliphatic rings. The van der Waals surface area contributed by atoms with Gasteiger partial charge in [-0.3, -0.25) is 14.5 Å². The molecule has 0 radical (unpaired) electrons. The van der Waals surface area contributed by atoms with Crippen LogP contribution in [0.1, 0.15) is 11.1 Å². The molecule has 0 aliphatic carbocycles. The number of ether oxygens (including phenoxy) is 2. The predicted molar refractivity (Wildman–Crippen MR) is 136 cm³/mol. The van der Waals surface area contributed by atoms with E-state index in [1.807, 2.05) is 25.1 Å². The fraction of sp³-hybridized carbons (Fsp3) is 0.174. The van der Waals surface area contributed by atoms with Crippen LogP contribution in [-0.2, 0) is 9.59 Å². The molecule has 0 saturated carbocycles. The third-order valence-corrected chi connectivity index (χ3v) is 6.74. The van der Waals surface area contributed by atoms with Gasteiger partial charge in [-0.25, -0.2) is 0 Å². The summed E-state index contributed by atoms with van der Waals surface area (Å²) in [6.07, 6.45) is 3.38. The molecule has 1 aliphatic heterocycles. The van der Waals surface area contributed by atoms with E-state index in [0.717, 1.165) is 15.6 Å². The van der Waals surface area contributed by atoms with Crippen molar-refractivity contribution in [3.8, 4) is 11.5 Å². The van der Waals surface area contributed by atoms with Crippen LogP contribution in [0, 0.1) is 6.92 Å². The van der Waals surface area contributed by atoms with Crippen LogP contribution < -0.4 is 14.8 Å². The van der Waals surface area contributed by atoms with E-state index in [0.29, 0.717) is 33.0 Å². The highest BCUT2D eigenvalue weighted by molar-refractivity contribution is 9.10. The lowest BCUT2D eigenvalue weighted by Gasteiger charge is -2.12. The van der Waals surface area contributed by atoms with Gasteiger partial charge in [-0.1, -0.05) is 52.1 Å². The van der Waals surface area contributed by atoms with E-state index in [1.54, 1.807) is 30.4 Å². The lowest BCUT2D eigenvalue weighted by Crippen LogP contribution is -2.27. The van der Waals surface area contributed by atoms with Crippen molar-refractivity contribution in [2.75, 3.05) is 25.6 Å². The van der Waals surface area contributed by atoms with Gasteiger partial charge in [-0.2, -0.15) is 0 Å². The number of nitrogens with one attached hydrogen (secondary N) is 1. The molecule has 1 heterocycles. The van der Waals surface area contributed by atoms with Gasteiger partial charge in [0.05, 0.1) is 12.0 Å². The second-order valence-corrected chi connectivity index (χ2v) is 9.32. The molecular formula is C23H21BrN2O4S2. The van der Waals surface area contributed by atoms with E-state index >= 15 is 0 Å². The smallest absolute Gasteiger partial charge is 0.266 e. The summed E-state index contributed by atoms with van der Waals surface area (Å²) in [6, 6.07) is 10.8. The molecule has 1 saturated heterocycles. The van der Waals surface area contributed by atoms with E-state index in [1.165, 1.54) is 23.8 Å². The lowest BCUT2D eigenvalue weighted by molar-refractivity contribution is -0.121. The number of carbonyl (C=O) groups is 2. The summed E-state index contributed by atoms with van der Waals surface area (Å²) in [5, 5.41) is 2.80. The summed E-state index contributed by atoms with van der Waals surface area (Å²) in [4.78, 5) is 26.8. The van der Waals surface area contributed by atoms with E-state index < -0.39 is 0 Å². The zero-order valence-corrected chi connectivity index (χ0v) is 20.7. The molecule has 0 bridgehead atoms. The number of methoxy groups -OCH3 is 1. The van der Waals surface area contributed by atoms with Crippen molar-refractivity contribution in [1.82, 2.24) is 4.90 Å². The number of hydrogen-bond acceptors (Lipinski definition) is 6. The zero-order valence-electron chi connectivity index (χ0n) is 17.5. The Morgan fingerprint density at radius 3 is 2.75 bits per heavy atom. The standard InChI is InChI=1S/C23H21BrN2O4S2/c1-4-9-26-22(28)20(32-23(26)31)12-15-5-8-18(19(11-15)29-3)30-13-21(27)25-16-6-7-17(24)14(2)10-16/h4-8,10-12H,1,9,13H2,2-3H3,(H,25,27)/b20-12-. The minimum Gasteiger partial charge on any atom is -0.493 e. The van der Waals surface area contributed by atoms with Crippen LogP contribution >= 0.6 is 39.9 Å². The van der Waals surface area contributed by atoms with Crippen molar-refractivity contribution in [2.45, 2.75) is 6.92 Å². The molecule has 1 N–H and O–H groups in total. The van der Waals surface area contributed by atoms with Crippen molar-refractivity contribution >= 4 is 67.8 Å². The highest BCUT2D eigenvalue weighted by Gasteiger charge is 2.31. The number of anilines is 1. The number of amides is 2. The number of thiocarbonyl (C=S) groups is 1. The van der Waals surface area contributed by atoms with Gasteiger partial charge in [-0.15, -0.1) is 6.58 Å². The predicted octanol–water partition coefficient (Wildman–Crippen LogP) is 5.17. The first-order valence-electron chi connectivity index (χ1n) is 9.55. The number of thioether (sulfide) groups is 1. The highest BCUT2D eigenvalue weighted by Crippen LogP contribution is 2.34. The Hall–Kier alpha value is -2.62. The normalized spacial score (nSPS) is 14.6. The maximum Gasteiger partial charge on any atom is 0.266 e. The number of hydrogen-bond donors (Lipinski definition) is 1. The third-order valence-electron chi connectivity index (χ3n) is 4.47. The Balaban J connectivity index is 1.67. The van der Waals surface area contributed by atoms with Crippen LogP contribution in [0.25, 0.3) is 6.08 Å². The highest BCUT2D eigenvalue weighted by atomic mass is 79.9. The summed E-state index contributed by atoms with van der Waals surface area (Å²) in [5.74, 6) is 0.432. The average Bonchev–Trinajstić information content (AvgIpc) is 3.03. The molecule has 0 aromatic heterocycles. The number of halogens is 1. The molecule has 3 rings (SSSR count). The van der Waals surface area contributed by atoms with Crippen molar-refractivity contribution in [1.29, 1.82) is 0 Å². The number of rotatable bonds is 8. The number of aryl methyl sites for hydroxylation is 1. The van der Waals surface area contributed by atoms with E-state index in [9.17, 15) is 9.59 Å². The van der Waals surface area contributed by atoms with Crippen LogP contribution in [0.4, 0.5) is 5.69 Å². The molecule has 9 heteroatoms. The Kier molecular flexibility index (Phi) is 8.11. The van der Waals surface area contributed by atoms with Crippen LogP contribution in [0.2, 0.25) is 0 Å². The molecule has 0 unspecified atom stereocenters.